The Hall–Kier alpha value is -2.50. The van der Waals surface area contributed by atoms with Gasteiger partial charge < -0.3 is 15.5 Å². The molecule has 1 aromatic carbocycles. The van der Waals surface area contributed by atoms with Crippen molar-refractivity contribution in [3.05, 3.63) is 47.8 Å². The lowest BCUT2D eigenvalue weighted by Gasteiger charge is -2.25. The largest absolute Gasteiger partial charge is 0.369 e. The van der Waals surface area contributed by atoms with Crippen LogP contribution in [0.3, 0.4) is 0 Å². The Morgan fingerprint density at radius 3 is 2.88 bits per heavy atom. The van der Waals surface area contributed by atoms with Gasteiger partial charge in [-0.15, -0.1) is 0 Å². The molecule has 1 aliphatic carbocycles. The highest BCUT2D eigenvalue weighted by atomic mass is 16.2. The zero-order valence-corrected chi connectivity index (χ0v) is 14.6. The summed E-state index contributed by atoms with van der Waals surface area (Å²) in [6.07, 6.45) is 5.98. The molecule has 6 nitrogen and oxygen atoms in total. The summed E-state index contributed by atoms with van der Waals surface area (Å²) in [5.41, 5.74) is 3.63. The van der Waals surface area contributed by atoms with Crippen LogP contribution in [0.15, 0.2) is 36.5 Å². The molecule has 1 saturated heterocycles. The third kappa shape index (κ3) is 3.34. The second kappa shape index (κ2) is 6.78. The first-order valence-electron chi connectivity index (χ1n) is 9.08. The lowest BCUT2D eigenvalue weighted by molar-refractivity contribution is 0.232. The maximum atomic E-state index is 12.5. The van der Waals surface area contributed by atoms with E-state index in [-0.39, 0.29) is 18.1 Å². The topological polar surface area (TPSA) is 62.2 Å². The molecule has 1 aliphatic heterocycles. The third-order valence-corrected chi connectivity index (χ3v) is 5.33. The van der Waals surface area contributed by atoms with Gasteiger partial charge in [0.25, 0.3) is 0 Å². The van der Waals surface area contributed by atoms with Crippen molar-refractivity contribution >= 4 is 11.7 Å². The minimum Gasteiger partial charge on any atom is -0.369 e. The highest BCUT2D eigenvalue weighted by Crippen LogP contribution is 2.29. The summed E-state index contributed by atoms with van der Waals surface area (Å²) in [4.78, 5) is 14.8. The average molecular weight is 339 g/mol. The molecule has 2 atom stereocenters. The highest BCUT2D eigenvalue weighted by molar-refractivity contribution is 5.75. The van der Waals surface area contributed by atoms with Gasteiger partial charge in [0.1, 0.15) is 0 Å². The van der Waals surface area contributed by atoms with Crippen molar-refractivity contribution in [1.29, 1.82) is 0 Å². The normalized spacial score (nSPS) is 22.5. The number of fused-ring (bicyclic) bond motifs is 1. The first-order chi connectivity index (χ1) is 12.2. The van der Waals surface area contributed by atoms with Crippen LogP contribution in [0.4, 0.5) is 10.5 Å². The zero-order chi connectivity index (χ0) is 17.2. The van der Waals surface area contributed by atoms with Crippen LogP contribution in [0, 0.1) is 0 Å². The zero-order valence-electron chi connectivity index (χ0n) is 14.6. The second-order valence-corrected chi connectivity index (χ2v) is 7.00. The molecule has 2 amide bonds. The summed E-state index contributed by atoms with van der Waals surface area (Å²) >= 11 is 0. The fraction of sp³-hybridized carbons (Fsp3) is 0.474. The Labute approximate surface area is 148 Å². The van der Waals surface area contributed by atoms with Gasteiger partial charge in [-0.2, -0.15) is 5.10 Å². The summed E-state index contributed by atoms with van der Waals surface area (Å²) < 4.78 is 1.93. The molecule has 0 saturated carbocycles. The van der Waals surface area contributed by atoms with E-state index in [1.807, 2.05) is 24.0 Å². The van der Waals surface area contributed by atoms with Gasteiger partial charge in [-0.05, 0) is 37.8 Å². The maximum Gasteiger partial charge on any atom is 0.315 e. The second-order valence-electron chi connectivity index (χ2n) is 7.00. The molecule has 2 aliphatic rings. The summed E-state index contributed by atoms with van der Waals surface area (Å²) in [6.45, 7) is 1.84. The Morgan fingerprint density at radius 2 is 2.04 bits per heavy atom. The minimum atomic E-state index is -0.0679. The minimum absolute atomic E-state index is 0.0679. The predicted molar refractivity (Wildman–Crippen MR) is 97.6 cm³/mol. The van der Waals surface area contributed by atoms with Crippen molar-refractivity contribution in [3.63, 3.8) is 0 Å². The molecular weight excluding hydrogens is 314 g/mol. The Morgan fingerprint density at radius 1 is 1.20 bits per heavy atom. The Balaban J connectivity index is 1.33. The van der Waals surface area contributed by atoms with Gasteiger partial charge in [0.15, 0.2) is 0 Å². The molecular formula is C19H25N5O. The molecule has 0 spiro atoms. The van der Waals surface area contributed by atoms with Crippen LogP contribution < -0.4 is 15.5 Å². The number of nitrogens with one attached hydrogen (secondary N) is 2. The summed E-state index contributed by atoms with van der Waals surface area (Å²) in [5.74, 6) is 0. The molecule has 25 heavy (non-hydrogen) atoms. The van der Waals surface area contributed by atoms with Crippen molar-refractivity contribution in [2.75, 3.05) is 18.0 Å². The molecule has 2 aromatic rings. The number of carbonyl (C=O) groups is 1. The van der Waals surface area contributed by atoms with E-state index in [9.17, 15) is 4.79 Å². The number of nitrogens with zero attached hydrogens (tertiary/aromatic N) is 3. The van der Waals surface area contributed by atoms with Gasteiger partial charge in [-0.25, -0.2) is 4.79 Å². The van der Waals surface area contributed by atoms with Crippen molar-refractivity contribution in [3.8, 4) is 0 Å². The van der Waals surface area contributed by atoms with E-state index in [0.29, 0.717) is 0 Å². The van der Waals surface area contributed by atoms with E-state index in [1.54, 1.807) is 0 Å². The number of amides is 2. The Bertz CT molecular complexity index is 742. The highest BCUT2D eigenvalue weighted by Gasteiger charge is 2.27. The lowest BCUT2D eigenvalue weighted by Crippen LogP contribution is -2.45. The van der Waals surface area contributed by atoms with Crippen molar-refractivity contribution in [2.45, 2.75) is 37.8 Å². The van der Waals surface area contributed by atoms with E-state index in [0.717, 1.165) is 38.8 Å². The summed E-state index contributed by atoms with van der Waals surface area (Å²) in [7, 11) is 1.97. The monoisotopic (exact) mass is 339 g/mol. The van der Waals surface area contributed by atoms with Crippen molar-refractivity contribution < 1.29 is 4.79 Å². The molecule has 0 bridgehead atoms. The number of urea groups is 1. The van der Waals surface area contributed by atoms with Crippen LogP contribution in [0.25, 0.3) is 0 Å². The molecule has 1 fully saturated rings. The van der Waals surface area contributed by atoms with Crippen LogP contribution in [0.1, 0.15) is 36.6 Å². The molecule has 0 unspecified atom stereocenters. The predicted octanol–water partition coefficient (Wildman–Crippen LogP) is 2.38. The van der Waals surface area contributed by atoms with Crippen LogP contribution in [-0.4, -0.2) is 34.9 Å². The van der Waals surface area contributed by atoms with E-state index >= 15 is 0 Å². The van der Waals surface area contributed by atoms with Gasteiger partial charge in [-0.3, -0.25) is 4.68 Å². The van der Waals surface area contributed by atoms with Gasteiger partial charge >= 0.3 is 6.03 Å². The van der Waals surface area contributed by atoms with Gasteiger partial charge in [0.05, 0.1) is 12.2 Å². The first kappa shape index (κ1) is 16.0. The number of aryl methyl sites for hydroxylation is 1. The number of benzene rings is 1. The van der Waals surface area contributed by atoms with E-state index < -0.39 is 0 Å². The number of carbonyl (C=O) groups excluding carboxylic acids is 1. The standard InChI is InChI=1S/C19H25N5O/c1-23-18-9-5-8-17(16(18)12-20-23)22-19(25)21-14-10-11-24(13-14)15-6-3-2-4-7-15/h2-4,6-7,12,14,17H,5,8-11,13H2,1H3,(H2,21,22,25)/t14-,17+/m1/s1. The van der Waals surface area contributed by atoms with Crippen LogP contribution in [0.2, 0.25) is 0 Å². The van der Waals surface area contributed by atoms with Crippen LogP contribution in [0.5, 0.6) is 0 Å². The first-order valence-corrected chi connectivity index (χ1v) is 9.08. The lowest BCUT2D eigenvalue weighted by atomic mass is 9.93. The molecule has 1 aromatic heterocycles. The molecule has 6 heteroatoms. The van der Waals surface area contributed by atoms with E-state index in [1.165, 1.54) is 16.9 Å². The van der Waals surface area contributed by atoms with Gasteiger partial charge in [-0.1, -0.05) is 18.2 Å². The van der Waals surface area contributed by atoms with E-state index in [2.05, 4.69) is 44.9 Å². The number of anilines is 1. The number of para-hydroxylation sites is 1. The number of aromatic nitrogens is 2. The van der Waals surface area contributed by atoms with Crippen molar-refractivity contribution in [2.24, 2.45) is 7.05 Å². The number of hydrogen-bond acceptors (Lipinski definition) is 3. The fourth-order valence-corrected chi connectivity index (χ4v) is 3.99. The molecule has 4 rings (SSSR count). The van der Waals surface area contributed by atoms with Gasteiger partial charge in [0, 0.05) is 43.1 Å². The molecule has 132 valence electrons. The average Bonchev–Trinajstić information content (AvgIpc) is 3.24. The third-order valence-electron chi connectivity index (χ3n) is 5.33. The SMILES string of the molecule is Cn1ncc2c1CCC[C@@H]2NC(=O)N[C@@H]1CCN(c2ccccc2)C1. The van der Waals surface area contributed by atoms with Crippen LogP contribution in [-0.2, 0) is 13.5 Å². The quantitative estimate of drug-likeness (QED) is 0.902. The maximum absolute atomic E-state index is 12.5. The van der Waals surface area contributed by atoms with Crippen molar-refractivity contribution in [1.82, 2.24) is 20.4 Å². The number of rotatable bonds is 3. The van der Waals surface area contributed by atoms with E-state index in [4.69, 9.17) is 0 Å². The molecule has 2 heterocycles. The van der Waals surface area contributed by atoms with Gasteiger partial charge in [0.2, 0.25) is 0 Å². The number of hydrogen-bond donors (Lipinski definition) is 2. The smallest absolute Gasteiger partial charge is 0.315 e. The fourth-order valence-electron chi connectivity index (χ4n) is 3.99. The Kier molecular flexibility index (Phi) is 4.34. The summed E-state index contributed by atoms with van der Waals surface area (Å²) in [5, 5.41) is 10.6. The molecule has 2 N–H and O–H groups in total. The molecule has 0 radical (unpaired) electrons. The van der Waals surface area contributed by atoms with Crippen LogP contribution >= 0.6 is 0 Å². The summed E-state index contributed by atoms with van der Waals surface area (Å²) in [6, 6.07) is 10.6.